The Hall–Kier alpha value is -2.19. The zero-order valence-corrected chi connectivity index (χ0v) is 17.3. The van der Waals surface area contributed by atoms with Crippen LogP contribution in [0.25, 0.3) is 10.7 Å². The first kappa shape index (κ1) is 19.1. The van der Waals surface area contributed by atoms with E-state index in [1.165, 1.54) is 23.9 Å². The number of carbonyl (C=O) groups is 1. The quantitative estimate of drug-likeness (QED) is 0.560. The van der Waals surface area contributed by atoms with E-state index in [0.29, 0.717) is 6.04 Å². The van der Waals surface area contributed by atoms with E-state index in [1.807, 2.05) is 31.4 Å². The average Bonchev–Trinajstić information content (AvgIpc) is 3.20. The summed E-state index contributed by atoms with van der Waals surface area (Å²) in [5.41, 5.74) is 0.869. The number of hydrogen-bond donors (Lipinski definition) is 1. The smallest absolute Gasteiger partial charge is 0.233 e. The lowest BCUT2D eigenvalue weighted by atomic mass is 10.1. The lowest BCUT2D eigenvalue weighted by molar-refractivity contribution is -0.120. The number of thioether (sulfide) groups is 1. The third kappa shape index (κ3) is 4.12. The third-order valence-electron chi connectivity index (χ3n) is 4.70. The highest BCUT2D eigenvalue weighted by atomic mass is 32.2. The van der Waals surface area contributed by atoms with Crippen molar-refractivity contribution >= 4 is 29.0 Å². The van der Waals surface area contributed by atoms with Crippen molar-refractivity contribution in [1.82, 2.24) is 20.1 Å². The number of halogens is 1. The first-order valence-electron chi connectivity index (χ1n) is 9.24. The van der Waals surface area contributed by atoms with Crippen LogP contribution in [-0.2, 0) is 4.79 Å². The Labute approximate surface area is 171 Å². The van der Waals surface area contributed by atoms with Crippen LogP contribution in [0.2, 0.25) is 0 Å². The van der Waals surface area contributed by atoms with Crippen LogP contribution in [0.4, 0.5) is 4.39 Å². The number of nitrogens with zero attached hydrogens (tertiary/aromatic N) is 3. The summed E-state index contributed by atoms with van der Waals surface area (Å²) in [5.74, 6) is 0.518. The maximum atomic E-state index is 13.1. The summed E-state index contributed by atoms with van der Waals surface area (Å²) in [6, 6.07) is 10.5. The molecule has 8 heteroatoms. The van der Waals surface area contributed by atoms with Gasteiger partial charge in [-0.1, -0.05) is 30.0 Å². The van der Waals surface area contributed by atoms with E-state index >= 15 is 0 Å². The first-order valence-corrected chi connectivity index (χ1v) is 11.0. The zero-order valence-electron chi connectivity index (χ0n) is 15.6. The lowest BCUT2D eigenvalue weighted by Gasteiger charge is -2.18. The molecule has 2 atom stereocenters. The molecule has 0 bridgehead atoms. The van der Waals surface area contributed by atoms with Crippen molar-refractivity contribution in [1.29, 1.82) is 0 Å². The van der Waals surface area contributed by atoms with Gasteiger partial charge in [-0.2, -0.15) is 0 Å². The van der Waals surface area contributed by atoms with E-state index in [4.69, 9.17) is 0 Å². The molecule has 0 saturated heterocycles. The fourth-order valence-electron chi connectivity index (χ4n) is 2.97. The zero-order chi connectivity index (χ0) is 19.7. The molecule has 28 heavy (non-hydrogen) atoms. The van der Waals surface area contributed by atoms with Crippen molar-refractivity contribution in [2.24, 2.45) is 0 Å². The topological polar surface area (TPSA) is 59.8 Å². The highest BCUT2D eigenvalue weighted by molar-refractivity contribution is 8.00. The highest BCUT2D eigenvalue weighted by Crippen LogP contribution is 2.42. The van der Waals surface area contributed by atoms with E-state index in [2.05, 4.69) is 20.1 Å². The maximum absolute atomic E-state index is 13.1. The second kappa shape index (κ2) is 8.05. The number of carbonyl (C=O) groups excluding carboxylic acids is 1. The van der Waals surface area contributed by atoms with Gasteiger partial charge in [0.25, 0.3) is 0 Å². The molecule has 2 heterocycles. The number of hydrogen-bond acceptors (Lipinski definition) is 5. The van der Waals surface area contributed by atoms with Crippen molar-refractivity contribution in [2.45, 2.75) is 49.2 Å². The number of rotatable bonds is 7. The minimum atomic E-state index is -0.319. The Morgan fingerprint density at radius 3 is 2.64 bits per heavy atom. The molecule has 1 aliphatic carbocycles. The third-order valence-corrected chi connectivity index (χ3v) is 6.62. The Bertz CT molecular complexity index is 951. The lowest BCUT2D eigenvalue weighted by Crippen LogP contribution is -2.33. The van der Waals surface area contributed by atoms with Gasteiger partial charge in [0, 0.05) is 6.04 Å². The fraction of sp³-hybridized carbons (Fsp3) is 0.350. The van der Waals surface area contributed by atoms with Crippen LogP contribution in [0.15, 0.2) is 46.9 Å². The molecule has 1 aromatic carbocycles. The molecular weight excluding hydrogens is 395 g/mol. The summed E-state index contributed by atoms with van der Waals surface area (Å²) in [6.07, 6.45) is 2.23. The van der Waals surface area contributed by atoms with Crippen molar-refractivity contribution in [3.05, 3.63) is 53.2 Å². The van der Waals surface area contributed by atoms with Gasteiger partial charge in [0.05, 0.1) is 16.2 Å². The van der Waals surface area contributed by atoms with Crippen LogP contribution in [0.5, 0.6) is 0 Å². The average molecular weight is 417 g/mol. The second-order valence-electron chi connectivity index (χ2n) is 6.93. The van der Waals surface area contributed by atoms with Gasteiger partial charge < -0.3 is 5.32 Å². The van der Waals surface area contributed by atoms with Gasteiger partial charge in [0.15, 0.2) is 11.0 Å². The van der Waals surface area contributed by atoms with Crippen LogP contribution < -0.4 is 5.32 Å². The van der Waals surface area contributed by atoms with Crippen molar-refractivity contribution < 1.29 is 9.18 Å². The summed E-state index contributed by atoms with van der Waals surface area (Å²) in [4.78, 5) is 13.8. The van der Waals surface area contributed by atoms with Gasteiger partial charge in [0.2, 0.25) is 5.91 Å². The monoisotopic (exact) mass is 416 g/mol. The Kier molecular flexibility index (Phi) is 5.50. The molecule has 1 aliphatic rings. The molecule has 1 amide bonds. The Balaban J connectivity index is 1.45. The summed E-state index contributed by atoms with van der Waals surface area (Å²) < 4.78 is 15.3. The van der Waals surface area contributed by atoms with Gasteiger partial charge >= 0.3 is 0 Å². The molecule has 0 unspecified atom stereocenters. The van der Waals surface area contributed by atoms with E-state index in [1.54, 1.807) is 23.5 Å². The number of nitrogens with one attached hydrogen (secondary N) is 1. The molecule has 1 N–H and O–H groups in total. The Morgan fingerprint density at radius 1 is 1.25 bits per heavy atom. The van der Waals surface area contributed by atoms with Crippen molar-refractivity contribution in [2.75, 3.05) is 0 Å². The van der Waals surface area contributed by atoms with Crippen molar-refractivity contribution in [3.63, 3.8) is 0 Å². The Morgan fingerprint density at radius 2 is 2.00 bits per heavy atom. The van der Waals surface area contributed by atoms with Gasteiger partial charge in [-0.15, -0.1) is 21.5 Å². The van der Waals surface area contributed by atoms with Crippen molar-refractivity contribution in [3.8, 4) is 10.7 Å². The summed E-state index contributed by atoms with van der Waals surface area (Å²) in [5, 5.41) is 14.2. The van der Waals surface area contributed by atoms with E-state index in [0.717, 1.165) is 34.3 Å². The molecule has 1 fully saturated rings. The predicted octanol–water partition coefficient (Wildman–Crippen LogP) is 4.84. The van der Waals surface area contributed by atoms with Crippen LogP contribution in [0, 0.1) is 5.82 Å². The molecule has 4 rings (SSSR count). The van der Waals surface area contributed by atoms with Gasteiger partial charge in [-0.3, -0.25) is 9.36 Å². The number of thiophene rings is 1. The molecule has 0 radical (unpaired) electrons. The largest absolute Gasteiger partial charge is 0.349 e. The molecule has 3 aromatic rings. The van der Waals surface area contributed by atoms with Gasteiger partial charge in [-0.05, 0) is 55.8 Å². The van der Waals surface area contributed by atoms with Crippen LogP contribution in [0.3, 0.4) is 0 Å². The standard InChI is InChI=1S/C20H21FN4OS2/c1-12(14-5-7-15(21)8-6-14)22-19(26)13(2)28-20-24-23-18(17-4-3-11-27-17)25(20)16-9-10-16/h3-8,11-13,16H,9-10H2,1-2H3,(H,22,26)/t12-,13-/m0/s1. The fourth-order valence-corrected chi connectivity index (χ4v) is 4.60. The predicted molar refractivity (Wildman–Crippen MR) is 110 cm³/mol. The molecule has 2 aromatic heterocycles. The highest BCUT2D eigenvalue weighted by Gasteiger charge is 2.32. The van der Waals surface area contributed by atoms with E-state index in [9.17, 15) is 9.18 Å². The molecule has 1 saturated carbocycles. The summed E-state index contributed by atoms with van der Waals surface area (Å²) in [6.45, 7) is 3.76. The van der Waals surface area contributed by atoms with E-state index in [-0.39, 0.29) is 23.0 Å². The SMILES string of the molecule is C[C@H](Sc1nnc(-c2cccs2)n1C1CC1)C(=O)N[C@@H](C)c1ccc(F)cc1. The van der Waals surface area contributed by atoms with E-state index < -0.39 is 0 Å². The number of aromatic nitrogens is 3. The molecule has 0 aliphatic heterocycles. The first-order chi connectivity index (χ1) is 13.5. The van der Waals surface area contributed by atoms with Crippen LogP contribution in [-0.4, -0.2) is 25.9 Å². The minimum absolute atomic E-state index is 0.0788. The summed E-state index contributed by atoms with van der Waals surface area (Å²) in [7, 11) is 0. The van der Waals surface area contributed by atoms with Crippen LogP contribution in [0.1, 0.15) is 44.3 Å². The molecule has 0 spiro atoms. The van der Waals surface area contributed by atoms with Gasteiger partial charge in [-0.25, -0.2) is 4.39 Å². The molecule has 5 nitrogen and oxygen atoms in total. The normalized spacial score (nSPS) is 16.0. The number of benzene rings is 1. The maximum Gasteiger partial charge on any atom is 0.233 e. The van der Waals surface area contributed by atoms with Crippen LogP contribution >= 0.6 is 23.1 Å². The molecule has 146 valence electrons. The minimum Gasteiger partial charge on any atom is -0.349 e. The number of amides is 1. The second-order valence-corrected chi connectivity index (χ2v) is 9.18. The summed E-state index contributed by atoms with van der Waals surface area (Å²) >= 11 is 3.07. The molecular formula is C20H21FN4OS2. The van der Waals surface area contributed by atoms with Gasteiger partial charge in [0.1, 0.15) is 5.82 Å².